The second-order valence-electron chi connectivity index (χ2n) is 6.17. The van der Waals surface area contributed by atoms with Crippen LogP contribution in [0.5, 0.6) is 5.75 Å². The Morgan fingerprint density at radius 3 is 2.52 bits per heavy atom. The third kappa shape index (κ3) is 5.71. The fourth-order valence-electron chi connectivity index (χ4n) is 2.63. The van der Waals surface area contributed by atoms with Crippen molar-refractivity contribution in [2.24, 2.45) is 4.99 Å². The zero-order chi connectivity index (χ0) is 19.2. The van der Waals surface area contributed by atoms with Gasteiger partial charge in [-0.1, -0.05) is 44.0 Å². The van der Waals surface area contributed by atoms with Gasteiger partial charge in [0.25, 0.3) is 0 Å². The summed E-state index contributed by atoms with van der Waals surface area (Å²) < 4.78 is 1.95. The molecule has 1 heterocycles. The Bertz CT molecular complexity index is 956. The first-order chi connectivity index (χ1) is 13.0. The van der Waals surface area contributed by atoms with Gasteiger partial charge in [-0.2, -0.15) is 0 Å². The van der Waals surface area contributed by atoms with Gasteiger partial charge in [-0.05, 0) is 56.2 Å². The quantitative estimate of drug-likeness (QED) is 0.355. The Morgan fingerprint density at radius 2 is 1.74 bits per heavy atom. The minimum atomic E-state index is 0.229. The fraction of sp³-hybridized carbons (Fsp3) is 0.190. The van der Waals surface area contributed by atoms with E-state index in [2.05, 4.69) is 41.8 Å². The Kier molecular flexibility index (Phi) is 6.74. The van der Waals surface area contributed by atoms with Gasteiger partial charge < -0.3 is 5.11 Å². The molecule has 0 spiro atoms. The molecule has 0 saturated heterocycles. The molecule has 4 nitrogen and oxygen atoms in total. The molecular formula is C21H19Br2N3O. The SMILES string of the molecule is Cc1cc(CCCN=Cc2cc(Br)ccc2O)nc(-c2ccc(Br)cc2)n1. The standard InChI is InChI=1S/C21H19Br2N3O/c1-14-11-19(26-21(25-14)15-4-6-17(22)7-5-15)3-2-10-24-13-16-12-18(23)8-9-20(16)27/h4-9,11-13,27H,2-3,10H2,1H3. The summed E-state index contributed by atoms with van der Waals surface area (Å²) in [5.41, 5.74) is 3.69. The van der Waals surface area contributed by atoms with Crippen molar-refractivity contribution in [1.29, 1.82) is 0 Å². The summed E-state index contributed by atoms with van der Waals surface area (Å²) in [4.78, 5) is 13.7. The minimum absolute atomic E-state index is 0.229. The van der Waals surface area contributed by atoms with Crippen LogP contribution in [0.4, 0.5) is 0 Å². The molecular weight excluding hydrogens is 470 g/mol. The van der Waals surface area contributed by atoms with E-state index in [0.717, 1.165) is 44.6 Å². The fourth-order valence-corrected chi connectivity index (χ4v) is 3.28. The number of phenolic OH excluding ortho intramolecular Hbond substituents is 1. The lowest BCUT2D eigenvalue weighted by atomic mass is 10.1. The highest BCUT2D eigenvalue weighted by Gasteiger charge is 2.05. The first-order valence-electron chi connectivity index (χ1n) is 8.60. The highest BCUT2D eigenvalue weighted by molar-refractivity contribution is 9.10. The van der Waals surface area contributed by atoms with Crippen molar-refractivity contribution in [3.05, 3.63) is 74.4 Å². The zero-order valence-corrected chi connectivity index (χ0v) is 18.0. The smallest absolute Gasteiger partial charge is 0.159 e. The predicted octanol–water partition coefficient (Wildman–Crippen LogP) is 5.73. The molecule has 0 radical (unpaired) electrons. The minimum Gasteiger partial charge on any atom is -0.507 e. The number of rotatable bonds is 6. The predicted molar refractivity (Wildman–Crippen MR) is 116 cm³/mol. The van der Waals surface area contributed by atoms with Gasteiger partial charge in [-0.15, -0.1) is 0 Å². The van der Waals surface area contributed by atoms with Gasteiger partial charge in [0.2, 0.25) is 0 Å². The third-order valence-electron chi connectivity index (χ3n) is 3.95. The monoisotopic (exact) mass is 487 g/mol. The Hall–Kier alpha value is -2.05. The van der Waals surface area contributed by atoms with Crippen LogP contribution in [0.2, 0.25) is 0 Å². The molecule has 6 heteroatoms. The third-order valence-corrected chi connectivity index (χ3v) is 4.97. The van der Waals surface area contributed by atoms with E-state index in [4.69, 9.17) is 4.98 Å². The lowest BCUT2D eigenvalue weighted by Gasteiger charge is -2.06. The number of hydrogen-bond donors (Lipinski definition) is 1. The van der Waals surface area contributed by atoms with Crippen molar-refractivity contribution in [3.8, 4) is 17.1 Å². The molecule has 3 aromatic rings. The normalized spacial score (nSPS) is 11.2. The maximum Gasteiger partial charge on any atom is 0.159 e. The first-order valence-corrected chi connectivity index (χ1v) is 10.2. The molecule has 1 aromatic heterocycles. The molecule has 138 valence electrons. The number of benzene rings is 2. The average Bonchev–Trinajstić information content (AvgIpc) is 2.64. The van der Waals surface area contributed by atoms with E-state index >= 15 is 0 Å². The second kappa shape index (κ2) is 9.24. The molecule has 3 rings (SSSR count). The number of aliphatic imine (C=N–C) groups is 1. The Morgan fingerprint density at radius 1 is 1.00 bits per heavy atom. The summed E-state index contributed by atoms with van der Waals surface area (Å²) in [6, 6.07) is 15.3. The zero-order valence-electron chi connectivity index (χ0n) is 14.9. The number of aromatic hydroxyl groups is 1. The maximum absolute atomic E-state index is 9.82. The first kappa shape index (κ1) is 19.7. The summed E-state index contributed by atoms with van der Waals surface area (Å²) in [6.07, 6.45) is 3.41. The highest BCUT2D eigenvalue weighted by atomic mass is 79.9. The summed E-state index contributed by atoms with van der Waals surface area (Å²) in [5.74, 6) is 0.979. The summed E-state index contributed by atoms with van der Waals surface area (Å²) in [7, 11) is 0. The van der Waals surface area contributed by atoms with E-state index in [0.29, 0.717) is 12.1 Å². The van der Waals surface area contributed by atoms with Crippen molar-refractivity contribution in [2.75, 3.05) is 6.54 Å². The van der Waals surface area contributed by atoms with Gasteiger partial charge in [0.05, 0.1) is 0 Å². The van der Waals surface area contributed by atoms with Gasteiger partial charge >= 0.3 is 0 Å². The van der Waals surface area contributed by atoms with Crippen molar-refractivity contribution in [1.82, 2.24) is 9.97 Å². The molecule has 0 aliphatic heterocycles. The number of aryl methyl sites for hydroxylation is 2. The summed E-state index contributed by atoms with van der Waals surface area (Å²) >= 11 is 6.85. The molecule has 0 fully saturated rings. The molecule has 0 atom stereocenters. The van der Waals surface area contributed by atoms with Gasteiger partial charge in [0.1, 0.15) is 5.75 Å². The molecule has 0 saturated carbocycles. The molecule has 1 N–H and O–H groups in total. The van der Waals surface area contributed by atoms with Crippen LogP contribution in [-0.4, -0.2) is 27.8 Å². The van der Waals surface area contributed by atoms with Crippen molar-refractivity contribution >= 4 is 38.1 Å². The lowest BCUT2D eigenvalue weighted by molar-refractivity contribution is 0.474. The van der Waals surface area contributed by atoms with E-state index in [1.54, 1.807) is 18.3 Å². The summed E-state index contributed by atoms with van der Waals surface area (Å²) in [5, 5.41) is 9.82. The molecule has 27 heavy (non-hydrogen) atoms. The van der Waals surface area contributed by atoms with E-state index in [1.165, 1.54) is 0 Å². The van der Waals surface area contributed by atoms with E-state index < -0.39 is 0 Å². The van der Waals surface area contributed by atoms with E-state index in [-0.39, 0.29) is 5.75 Å². The van der Waals surface area contributed by atoms with Gasteiger partial charge in [0, 0.05) is 44.2 Å². The maximum atomic E-state index is 9.82. The van der Waals surface area contributed by atoms with Crippen LogP contribution >= 0.6 is 31.9 Å². The highest BCUT2D eigenvalue weighted by Crippen LogP contribution is 2.21. The molecule has 0 aliphatic rings. The van der Waals surface area contributed by atoms with Crippen LogP contribution in [0.15, 0.2) is 62.5 Å². The van der Waals surface area contributed by atoms with Gasteiger partial charge in [-0.25, -0.2) is 9.97 Å². The van der Waals surface area contributed by atoms with Crippen LogP contribution in [0.3, 0.4) is 0 Å². The topological polar surface area (TPSA) is 58.4 Å². The van der Waals surface area contributed by atoms with Crippen molar-refractivity contribution < 1.29 is 5.11 Å². The molecule has 0 bridgehead atoms. The van der Waals surface area contributed by atoms with Crippen LogP contribution in [0.25, 0.3) is 11.4 Å². The van der Waals surface area contributed by atoms with Crippen LogP contribution < -0.4 is 0 Å². The second-order valence-corrected chi connectivity index (χ2v) is 8.00. The Balaban J connectivity index is 1.62. The lowest BCUT2D eigenvalue weighted by Crippen LogP contribution is -1.99. The molecule has 0 aliphatic carbocycles. The Labute approximate surface area is 175 Å². The van der Waals surface area contributed by atoms with Gasteiger partial charge in [-0.3, -0.25) is 4.99 Å². The number of halogens is 2. The summed E-state index contributed by atoms with van der Waals surface area (Å²) in [6.45, 7) is 2.66. The van der Waals surface area contributed by atoms with E-state index in [1.807, 2.05) is 43.3 Å². The van der Waals surface area contributed by atoms with Crippen LogP contribution in [0, 0.1) is 6.92 Å². The van der Waals surface area contributed by atoms with Crippen molar-refractivity contribution in [2.45, 2.75) is 19.8 Å². The van der Waals surface area contributed by atoms with E-state index in [9.17, 15) is 5.11 Å². The number of hydrogen-bond acceptors (Lipinski definition) is 4. The van der Waals surface area contributed by atoms with Crippen LogP contribution in [0.1, 0.15) is 23.4 Å². The number of phenols is 1. The average molecular weight is 489 g/mol. The number of nitrogens with zero attached hydrogens (tertiary/aromatic N) is 3. The number of aromatic nitrogens is 2. The molecule has 0 amide bonds. The largest absolute Gasteiger partial charge is 0.507 e. The molecule has 2 aromatic carbocycles. The van der Waals surface area contributed by atoms with Crippen LogP contribution in [-0.2, 0) is 6.42 Å². The van der Waals surface area contributed by atoms with Gasteiger partial charge in [0.15, 0.2) is 5.82 Å². The molecule has 0 unspecified atom stereocenters. The van der Waals surface area contributed by atoms with Crippen molar-refractivity contribution in [3.63, 3.8) is 0 Å².